The van der Waals surface area contributed by atoms with Gasteiger partial charge in [-0.1, -0.05) is 27.7 Å². The lowest BCUT2D eigenvalue weighted by Gasteiger charge is -2.28. The standard InChI is InChI=1S/C15H31NO2/c1-10(2)13(11(3)4)9-16-12(5)14(17)18-15(6,7)8/h10-13,16H,9H2,1-8H3. The molecule has 1 N–H and O–H groups in total. The van der Waals surface area contributed by atoms with E-state index in [1.165, 1.54) is 0 Å². The summed E-state index contributed by atoms with van der Waals surface area (Å²) in [5, 5.41) is 3.29. The molecule has 3 heteroatoms. The van der Waals surface area contributed by atoms with Crippen molar-refractivity contribution in [1.29, 1.82) is 0 Å². The molecule has 0 aromatic heterocycles. The summed E-state index contributed by atoms with van der Waals surface area (Å²) in [5.74, 6) is 1.63. The van der Waals surface area contributed by atoms with Crippen molar-refractivity contribution < 1.29 is 9.53 Å². The highest BCUT2D eigenvalue weighted by atomic mass is 16.6. The van der Waals surface area contributed by atoms with Crippen molar-refractivity contribution in [2.24, 2.45) is 17.8 Å². The van der Waals surface area contributed by atoms with Gasteiger partial charge in [-0.3, -0.25) is 4.79 Å². The SMILES string of the molecule is CC(NCC(C(C)C)C(C)C)C(=O)OC(C)(C)C. The summed E-state index contributed by atoms with van der Waals surface area (Å²) < 4.78 is 5.35. The molecule has 0 aliphatic rings. The molecular formula is C15H31NO2. The summed E-state index contributed by atoms with van der Waals surface area (Å²) in [6, 6.07) is -0.246. The second kappa shape index (κ2) is 7.13. The van der Waals surface area contributed by atoms with Crippen LogP contribution >= 0.6 is 0 Å². The molecular weight excluding hydrogens is 226 g/mol. The van der Waals surface area contributed by atoms with Crippen molar-refractivity contribution in [3.8, 4) is 0 Å². The molecule has 0 saturated heterocycles. The molecule has 0 aliphatic heterocycles. The minimum Gasteiger partial charge on any atom is -0.459 e. The van der Waals surface area contributed by atoms with Gasteiger partial charge in [0.15, 0.2) is 0 Å². The number of ether oxygens (including phenoxy) is 1. The number of esters is 1. The number of hydrogen-bond acceptors (Lipinski definition) is 3. The van der Waals surface area contributed by atoms with Gasteiger partial charge < -0.3 is 10.1 Å². The van der Waals surface area contributed by atoms with Crippen LogP contribution in [0, 0.1) is 17.8 Å². The van der Waals surface area contributed by atoms with Crippen molar-refractivity contribution in [1.82, 2.24) is 5.32 Å². The van der Waals surface area contributed by atoms with Gasteiger partial charge in [0.1, 0.15) is 11.6 Å². The molecule has 0 aromatic carbocycles. The zero-order chi connectivity index (χ0) is 14.5. The van der Waals surface area contributed by atoms with Crippen LogP contribution in [0.5, 0.6) is 0 Å². The first-order valence-electron chi connectivity index (χ1n) is 7.00. The Hall–Kier alpha value is -0.570. The zero-order valence-corrected chi connectivity index (χ0v) is 13.3. The fourth-order valence-electron chi connectivity index (χ4n) is 2.03. The fourth-order valence-corrected chi connectivity index (χ4v) is 2.03. The molecule has 0 saturated carbocycles. The number of carbonyl (C=O) groups excluding carboxylic acids is 1. The largest absolute Gasteiger partial charge is 0.459 e. The van der Waals surface area contributed by atoms with E-state index in [1.807, 2.05) is 27.7 Å². The van der Waals surface area contributed by atoms with E-state index in [-0.39, 0.29) is 12.0 Å². The summed E-state index contributed by atoms with van der Waals surface area (Å²) in [4.78, 5) is 11.8. The molecule has 108 valence electrons. The van der Waals surface area contributed by atoms with Crippen LogP contribution in [-0.4, -0.2) is 24.2 Å². The molecule has 0 rings (SSSR count). The van der Waals surface area contributed by atoms with Crippen molar-refractivity contribution in [3.05, 3.63) is 0 Å². The van der Waals surface area contributed by atoms with Gasteiger partial charge in [-0.15, -0.1) is 0 Å². The van der Waals surface area contributed by atoms with E-state index in [2.05, 4.69) is 33.0 Å². The lowest BCUT2D eigenvalue weighted by molar-refractivity contribution is -0.157. The normalized spacial score (nSPS) is 14.4. The van der Waals surface area contributed by atoms with E-state index >= 15 is 0 Å². The summed E-state index contributed by atoms with van der Waals surface area (Å²) in [6.07, 6.45) is 0. The van der Waals surface area contributed by atoms with Crippen LogP contribution in [0.4, 0.5) is 0 Å². The summed E-state index contributed by atoms with van der Waals surface area (Å²) in [5.41, 5.74) is -0.414. The zero-order valence-electron chi connectivity index (χ0n) is 13.3. The first-order chi connectivity index (χ1) is 8.04. The third-order valence-electron chi connectivity index (χ3n) is 3.13. The molecule has 1 atom stereocenters. The molecule has 1 unspecified atom stereocenters. The minimum atomic E-state index is -0.414. The second-order valence-corrected chi connectivity index (χ2v) is 6.82. The summed E-state index contributed by atoms with van der Waals surface area (Å²) in [6.45, 7) is 17.3. The first-order valence-corrected chi connectivity index (χ1v) is 7.00. The Labute approximate surface area is 113 Å². The Morgan fingerprint density at radius 3 is 1.83 bits per heavy atom. The fraction of sp³-hybridized carbons (Fsp3) is 0.933. The van der Waals surface area contributed by atoms with Crippen LogP contribution in [0.15, 0.2) is 0 Å². The molecule has 0 amide bonds. The van der Waals surface area contributed by atoms with E-state index in [9.17, 15) is 4.79 Å². The smallest absolute Gasteiger partial charge is 0.323 e. The van der Waals surface area contributed by atoms with Gasteiger partial charge in [0, 0.05) is 0 Å². The van der Waals surface area contributed by atoms with Crippen LogP contribution in [0.1, 0.15) is 55.4 Å². The Morgan fingerprint density at radius 1 is 1.06 bits per heavy atom. The lowest BCUT2D eigenvalue weighted by Crippen LogP contribution is -2.42. The predicted octanol–water partition coefficient (Wildman–Crippen LogP) is 3.23. The quantitative estimate of drug-likeness (QED) is 0.742. The highest BCUT2D eigenvalue weighted by Gasteiger charge is 2.23. The molecule has 18 heavy (non-hydrogen) atoms. The first kappa shape index (κ1) is 17.4. The Balaban J connectivity index is 4.24. The number of nitrogens with one attached hydrogen (secondary N) is 1. The number of rotatable bonds is 6. The van der Waals surface area contributed by atoms with Crippen LogP contribution in [0.25, 0.3) is 0 Å². The average molecular weight is 257 g/mol. The van der Waals surface area contributed by atoms with E-state index in [1.54, 1.807) is 0 Å². The van der Waals surface area contributed by atoms with Crippen molar-refractivity contribution >= 4 is 5.97 Å². The average Bonchev–Trinajstić information content (AvgIpc) is 2.13. The highest BCUT2D eigenvalue weighted by molar-refractivity contribution is 5.75. The van der Waals surface area contributed by atoms with Crippen molar-refractivity contribution in [2.45, 2.75) is 67.0 Å². The van der Waals surface area contributed by atoms with Crippen molar-refractivity contribution in [2.75, 3.05) is 6.54 Å². The maximum Gasteiger partial charge on any atom is 0.323 e. The molecule has 0 spiro atoms. The lowest BCUT2D eigenvalue weighted by atomic mass is 9.85. The van der Waals surface area contributed by atoms with Gasteiger partial charge >= 0.3 is 5.97 Å². The Morgan fingerprint density at radius 2 is 1.50 bits per heavy atom. The maximum absolute atomic E-state index is 11.8. The molecule has 0 aromatic rings. The number of hydrogen-bond donors (Lipinski definition) is 1. The monoisotopic (exact) mass is 257 g/mol. The van der Waals surface area contributed by atoms with E-state index < -0.39 is 5.60 Å². The topological polar surface area (TPSA) is 38.3 Å². The third kappa shape index (κ3) is 7.00. The van der Waals surface area contributed by atoms with Gasteiger partial charge in [0.05, 0.1) is 0 Å². The van der Waals surface area contributed by atoms with Crippen molar-refractivity contribution in [3.63, 3.8) is 0 Å². The van der Waals surface area contributed by atoms with Gasteiger partial charge in [0.2, 0.25) is 0 Å². The van der Waals surface area contributed by atoms with Gasteiger partial charge in [-0.2, -0.15) is 0 Å². The van der Waals surface area contributed by atoms with E-state index in [4.69, 9.17) is 4.74 Å². The summed E-state index contributed by atoms with van der Waals surface area (Å²) in [7, 11) is 0. The van der Waals surface area contributed by atoms with Gasteiger partial charge in [-0.25, -0.2) is 0 Å². The van der Waals surface area contributed by atoms with Crippen LogP contribution in [0.3, 0.4) is 0 Å². The Bertz CT molecular complexity index is 246. The molecule has 3 nitrogen and oxygen atoms in total. The van der Waals surface area contributed by atoms with Crippen LogP contribution in [-0.2, 0) is 9.53 Å². The van der Waals surface area contributed by atoms with Gasteiger partial charge in [-0.05, 0) is 52.0 Å². The van der Waals surface area contributed by atoms with Gasteiger partial charge in [0.25, 0.3) is 0 Å². The second-order valence-electron chi connectivity index (χ2n) is 6.82. The maximum atomic E-state index is 11.8. The number of carbonyl (C=O) groups is 1. The molecule has 0 fully saturated rings. The Kier molecular flexibility index (Phi) is 6.90. The minimum absolute atomic E-state index is 0.172. The molecule has 0 heterocycles. The third-order valence-corrected chi connectivity index (χ3v) is 3.13. The van der Waals surface area contributed by atoms with E-state index in [0.717, 1.165) is 6.54 Å². The highest BCUT2D eigenvalue weighted by Crippen LogP contribution is 2.19. The van der Waals surface area contributed by atoms with E-state index in [0.29, 0.717) is 17.8 Å². The molecule has 0 aliphatic carbocycles. The molecule has 0 radical (unpaired) electrons. The van der Waals surface area contributed by atoms with Crippen LogP contribution in [0.2, 0.25) is 0 Å². The summed E-state index contributed by atoms with van der Waals surface area (Å²) >= 11 is 0. The van der Waals surface area contributed by atoms with Crippen LogP contribution < -0.4 is 5.32 Å². The molecule has 0 bridgehead atoms. The predicted molar refractivity (Wildman–Crippen MR) is 76.5 cm³/mol.